The first-order valence-corrected chi connectivity index (χ1v) is 5.48. The van der Waals surface area contributed by atoms with E-state index in [1.54, 1.807) is 0 Å². The average Bonchev–Trinajstić information content (AvgIpc) is 2.78. The van der Waals surface area contributed by atoms with Crippen LogP contribution in [0, 0.1) is 15.9 Å². The maximum atomic E-state index is 13.0. The van der Waals surface area contributed by atoms with Crippen molar-refractivity contribution in [1.29, 1.82) is 0 Å². The summed E-state index contributed by atoms with van der Waals surface area (Å²) in [5.74, 6) is -0.154. The quantitative estimate of drug-likeness (QED) is 0.485. The number of hydrogen-bond donors (Lipinski definition) is 0. The maximum absolute atomic E-state index is 13.0. The minimum atomic E-state index is -0.705. The minimum Gasteiger partial charge on any atom is -0.420 e. The first kappa shape index (κ1) is 12.4. The second-order valence-electron chi connectivity index (χ2n) is 3.36. The van der Waals surface area contributed by atoms with E-state index in [0.29, 0.717) is 12.3 Å². The molecule has 2 rings (SSSR count). The molecule has 6 nitrogen and oxygen atoms in total. The zero-order valence-electron chi connectivity index (χ0n) is 8.97. The van der Waals surface area contributed by atoms with Gasteiger partial charge in [0.05, 0.1) is 11.0 Å². The number of rotatable bonds is 4. The van der Waals surface area contributed by atoms with Gasteiger partial charge in [0.2, 0.25) is 5.89 Å². The van der Waals surface area contributed by atoms with Gasteiger partial charge in [0.15, 0.2) is 0 Å². The highest BCUT2D eigenvalue weighted by atomic mass is 35.5. The van der Waals surface area contributed by atoms with E-state index in [1.165, 1.54) is 6.07 Å². The van der Waals surface area contributed by atoms with Gasteiger partial charge >= 0.3 is 0 Å². The monoisotopic (exact) mass is 271 g/mol. The fraction of sp³-hybridized carbons (Fsp3) is 0.200. The van der Waals surface area contributed by atoms with Crippen LogP contribution in [0.3, 0.4) is 0 Å². The minimum absolute atomic E-state index is 0.0261. The maximum Gasteiger partial charge on any atom is 0.285 e. The summed E-state index contributed by atoms with van der Waals surface area (Å²) in [5, 5.41) is 18.2. The highest BCUT2D eigenvalue weighted by molar-refractivity contribution is 6.17. The molecule has 8 heteroatoms. The fourth-order valence-electron chi connectivity index (χ4n) is 1.38. The molecule has 0 aliphatic heterocycles. The van der Waals surface area contributed by atoms with Crippen molar-refractivity contribution in [1.82, 2.24) is 10.2 Å². The van der Waals surface area contributed by atoms with Crippen LogP contribution in [-0.4, -0.2) is 21.0 Å². The van der Waals surface area contributed by atoms with Crippen molar-refractivity contribution in [3.63, 3.8) is 0 Å². The largest absolute Gasteiger partial charge is 0.420 e. The Labute approximate surface area is 106 Å². The highest BCUT2D eigenvalue weighted by Gasteiger charge is 2.21. The third-order valence-electron chi connectivity index (χ3n) is 2.16. The van der Waals surface area contributed by atoms with Gasteiger partial charge in [-0.25, -0.2) is 4.39 Å². The number of aryl methyl sites for hydroxylation is 1. The van der Waals surface area contributed by atoms with Crippen LogP contribution in [-0.2, 0) is 6.42 Å². The molecule has 0 N–H and O–H groups in total. The smallest absolute Gasteiger partial charge is 0.285 e. The van der Waals surface area contributed by atoms with Crippen LogP contribution in [0.5, 0.6) is 0 Å². The highest BCUT2D eigenvalue weighted by Crippen LogP contribution is 2.29. The Hall–Kier alpha value is -2.02. The van der Waals surface area contributed by atoms with Gasteiger partial charge in [0.1, 0.15) is 11.4 Å². The van der Waals surface area contributed by atoms with E-state index in [1.807, 2.05) is 0 Å². The van der Waals surface area contributed by atoms with Crippen molar-refractivity contribution in [2.45, 2.75) is 6.42 Å². The topological polar surface area (TPSA) is 82.1 Å². The van der Waals surface area contributed by atoms with Crippen LogP contribution in [0.1, 0.15) is 5.89 Å². The summed E-state index contributed by atoms with van der Waals surface area (Å²) in [6, 6.07) is 3.12. The Morgan fingerprint density at radius 2 is 2.22 bits per heavy atom. The Morgan fingerprint density at radius 3 is 2.89 bits per heavy atom. The van der Waals surface area contributed by atoms with E-state index in [4.69, 9.17) is 16.0 Å². The molecule has 1 heterocycles. The summed E-state index contributed by atoms with van der Waals surface area (Å²) in [5.41, 5.74) is -0.342. The van der Waals surface area contributed by atoms with E-state index >= 15 is 0 Å². The van der Waals surface area contributed by atoms with Gasteiger partial charge in [0, 0.05) is 12.3 Å². The molecule has 0 fully saturated rings. The van der Waals surface area contributed by atoms with Gasteiger partial charge in [-0.15, -0.1) is 21.8 Å². The number of aromatic nitrogens is 2. The van der Waals surface area contributed by atoms with Crippen LogP contribution >= 0.6 is 11.6 Å². The van der Waals surface area contributed by atoms with E-state index in [9.17, 15) is 14.5 Å². The lowest BCUT2D eigenvalue weighted by Gasteiger charge is -1.97. The van der Waals surface area contributed by atoms with Gasteiger partial charge < -0.3 is 4.42 Å². The van der Waals surface area contributed by atoms with Crippen LogP contribution in [0.4, 0.5) is 10.1 Å². The van der Waals surface area contributed by atoms with E-state index in [-0.39, 0.29) is 17.3 Å². The number of benzene rings is 1. The third kappa shape index (κ3) is 2.45. The summed E-state index contributed by atoms with van der Waals surface area (Å²) in [6.45, 7) is 0. The van der Waals surface area contributed by atoms with E-state index < -0.39 is 16.4 Å². The molecule has 0 radical (unpaired) electrons. The van der Waals surface area contributed by atoms with E-state index in [2.05, 4.69) is 10.2 Å². The van der Waals surface area contributed by atoms with Crippen molar-refractivity contribution in [2.24, 2.45) is 0 Å². The molecule has 0 saturated heterocycles. The van der Waals surface area contributed by atoms with Gasteiger partial charge in [-0.3, -0.25) is 10.1 Å². The summed E-state index contributed by atoms with van der Waals surface area (Å²) in [6.07, 6.45) is 0.365. The van der Waals surface area contributed by atoms with Crippen molar-refractivity contribution in [2.75, 3.05) is 5.88 Å². The van der Waals surface area contributed by atoms with Crippen molar-refractivity contribution >= 4 is 17.3 Å². The molecule has 2 aromatic rings. The zero-order chi connectivity index (χ0) is 13.1. The van der Waals surface area contributed by atoms with Crippen molar-refractivity contribution in [3.8, 4) is 11.5 Å². The lowest BCUT2D eigenvalue weighted by Crippen LogP contribution is -1.93. The average molecular weight is 272 g/mol. The Morgan fingerprint density at radius 1 is 1.44 bits per heavy atom. The predicted octanol–water partition coefficient (Wildman–Crippen LogP) is 2.57. The standard InChI is InChI=1S/C10H7ClFN3O3/c11-4-3-9-13-14-10(18-9)7-2-1-6(12)5-8(7)15(16)17/h1-2,5H,3-4H2. The number of nitrogens with zero attached hydrogens (tertiary/aromatic N) is 3. The summed E-state index contributed by atoms with van der Waals surface area (Å²) < 4.78 is 18.2. The zero-order valence-corrected chi connectivity index (χ0v) is 9.72. The summed E-state index contributed by atoms with van der Waals surface area (Å²) in [4.78, 5) is 10.1. The van der Waals surface area contributed by atoms with Crippen LogP contribution in [0.25, 0.3) is 11.5 Å². The molecular weight excluding hydrogens is 265 g/mol. The number of nitro groups is 1. The van der Waals surface area contributed by atoms with Crippen molar-refractivity contribution < 1.29 is 13.7 Å². The number of nitro benzene ring substituents is 1. The first-order chi connectivity index (χ1) is 8.61. The van der Waals surface area contributed by atoms with Gasteiger partial charge in [-0.05, 0) is 12.1 Å². The van der Waals surface area contributed by atoms with E-state index in [0.717, 1.165) is 12.1 Å². The molecule has 18 heavy (non-hydrogen) atoms. The number of halogens is 2. The Balaban J connectivity index is 2.45. The molecule has 94 valence electrons. The molecule has 0 aliphatic rings. The van der Waals surface area contributed by atoms with Crippen molar-refractivity contribution in [3.05, 3.63) is 40.0 Å². The lowest BCUT2D eigenvalue weighted by molar-refractivity contribution is -0.384. The van der Waals surface area contributed by atoms with Crippen LogP contribution in [0.15, 0.2) is 22.6 Å². The Kier molecular flexibility index (Phi) is 3.52. The third-order valence-corrected chi connectivity index (χ3v) is 2.35. The second kappa shape index (κ2) is 5.09. The number of alkyl halides is 1. The molecule has 0 spiro atoms. The predicted molar refractivity (Wildman–Crippen MR) is 60.8 cm³/mol. The van der Waals surface area contributed by atoms with Gasteiger partial charge in [-0.2, -0.15) is 0 Å². The second-order valence-corrected chi connectivity index (χ2v) is 3.74. The summed E-state index contributed by atoms with van der Waals surface area (Å²) in [7, 11) is 0. The molecular formula is C10H7ClFN3O3. The SMILES string of the molecule is O=[N+]([O-])c1cc(F)ccc1-c1nnc(CCCl)o1. The normalized spacial score (nSPS) is 10.6. The molecule has 0 aliphatic carbocycles. The van der Waals surface area contributed by atoms with Gasteiger partial charge in [0.25, 0.3) is 11.6 Å². The number of hydrogen-bond acceptors (Lipinski definition) is 5. The van der Waals surface area contributed by atoms with Gasteiger partial charge in [-0.1, -0.05) is 0 Å². The molecule has 1 aromatic carbocycles. The molecule has 0 unspecified atom stereocenters. The fourth-order valence-corrected chi connectivity index (χ4v) is 1.54. The molecule has 1 aromatic heterocycles. The first-order valence-electron chi connectivity index (χ1n) is 4.94. The van der Waals surface area contributed by atoms with Crippen LogP contribution < -0.4 is 0 Å². The lowest BCUT2D eigenvalue weighted by atomic mass is 10.2. The molecule has 0 saturated carbocycles. The Bertz CT molecular complexity index is 587. The molecule has 0 amide bonds. The molecule has 0 bridgehead atoms. The summed E-state index contributed by atoms with van der Waals surface area (Å²) >= 11 is 5.51. The molecule has 0 atom stereocenters. The van der Waals surface area contributed by atoms with Crippen LogP contribution in [0.2, 0.25) is 0 Å².